The molecule has 0 saturated carbocycles. The lowest BCUT2D eigenvalue weighted by Gasteiger charge is -2.18. The van der Waals surface area contributed by atoms with E-state index in [1.165, 1.54) is 6.07 Å². The quantitative estimate of drug-likeness (QED) is 0.474. The fraction of sp³-hybridized carbons (Fsp3) is 0.273. The molecule has 9 nitrogen and oxygen atoms in total. The third kappa shape index (κ3) is 4.52. The van der Waals surface area contributed by atoms with Gasteiger partial charge >= 0.3 is 0 Å². The van der Waals surface area contributed by atoms with Gasteiger partial charge in [0.25, 0.3) is 11.5 Å². The van der Waals surface area contributed by atoms with Crippen LogP contribution in [0.15, 0.2) is 47.5 Å². The maximum atomic E-state index is 13.1. The molecule has 0 unspecified atom stereocenters. The van der Waals surface area contributed by atoms with Crippen molar-refractivity contribution in [2.45, 2.75) is 33.7 Å². The predicted molar refractivity (Wildman–Crippen MR) is 123 cm³/mol. The van der Waals surface area contributed by atoms with Gasteiger partial charge in [0.2, 0.25) is 5.82 Å². The first-order valence-electron chi connectivity index (χ1n) is 10.1. The first-order chi connectivity index (χ1) is 15.2. The van der Waals surface area contributed by atoms with Crippen molar-refractivity contribution in [3.8, 4) is 11.4 Å². The van der Waals surface area contributed by atoms with Gasteiger partial charge < -0.3 is 5.32 Å². The van der Waals surface area contributed by atoms with E-state index < -0.39 is 5.91 Å². The summed E-state index contributed by atoms with van der Waals surface area (Å²) in [6, 6.07) is 9.96. The van der Waals surface area contributed by atoms with Gasteiger partial charge in [0.15, 0.2) is 0 Å². The molecule has 32 heavy (non-hydrogen) atoms. The monoisotopic (exact) mass is 451 g/mol. The van der Waals surface area contributed by atoms with E-state index in [-0.39, 0.29) is 11.0 Å². The number of fused-ring (bicyclic) bond motifs is 1. The minimum atomic E-state index is -0.399. The summed E-state index contributed by atoms with van der Waals surface area (Å²) in [6.07, 6.45) is 2.37. The summed E-state index contributed by atoms with van der Waals surface area (Å²) in [7, 11) is 0. The number of aromatic nitrogens is 6. The second kappa shape index (κ2) is 8.51. The molecule has 0 saturated heterocycles. The molecule has 0 aliphatic heterocycles. The Bertz CT molecular complexity index is 1340. The Morgan fingerprint density at radius 3 is 2.72 bits per heavy atom. The summed E-state index contributed by atoms with van der Waals surface area (Å²) in [5.41, 5.74) is 1.68. The van der Waals surface area contributed by atoms with Crippen LogP contribution in [0.25, 0.3) is 22.3 Å². The number of halogens is 1. The van der Waals surface area contributed by atoms with Gasteiger partial charge in [0, 0.05) is 17.7 Å². The number of aromatic amines is 1. The van der Waals surface area contributed by atoms with Crippen molar-refractivity contribution in [1.82, 2.24) is 30.2 Å². The Balaban J connectivity index is 1.64. The van der Waals surface area contributed by atoms with E-state index in [0.29, 0.717) is 45.1 Å². The number of hydrogen-bond acceptors (Lipinski definition) is 6. The molecule has 164 valence electrons. The van der Waals surface area contributed by atoms with Gasteiger partial charge in [-0.25, -0.2) is 4.98 Å². The van der Waals surface area contributed by atoms with Gasteiger partial charge in [-0.3, -0.25) is 14.2 Å². The van der Waals surface area contributed by atoms with Crippen LogP contribution in [0.4, 0.5) is 5.69 Å². The number of rotatable bonds is 5. The summed E-state index contributed by atoms with van der Waals surface area (Å²) in [6.45, 7) is 6.90. The normalized spacial score (nSPS) is 11.6. The van der Waals surface area contributed by atoms with Crippen molar-refractivity contribution in [2.75, 3.05) is 5.32 Å². The average Bonchev–Trinajstić information content (AvgIpc) is 3.27. The molecule has 1 amide bonds. The minimum Gasteiger partial charge on any atom is -0.321 e. The molecule has 0 fully saturated rings. The van der Waals surface area contributed by atoms with Crippen molar-refractivity contribution >= 4 is 34.1 Å². The number of benzene rings is 2. The second-order valence-corrected chi connectivity index (χ2v) is 9.04. The van der Waals surface area contributed by atoms with E-state index in [9.17, 15) is 9.59 Å². The van der Waals surface area contributed by atoms with Crippen molar-refractivity contribution in [1.29, 1.82) is 0 Å². The molecule has 0 aliphatic carbocycles. The van der Waals surface area contributed by atoms with Crippen molar-refractivity contribution in [3.63, 3.8) is 0 Å². The van der Waals surface area contributed by atoms with Gasteiger partial charge in [-0.2, -0.15) is 5.21 Å². The van der Waals surface area contributed by atoms with E-state index in [1.54, 1.807) is 41.2 Å². The molecule has 0 atom stereocenters. The Labute approximate surface area is 188 Å². The molecule has 2 aromatic heterocycles. The second-order valence-electron chi connectivity index (χ2n) is 8.64. The molecule has 2 N–H and O–H groups in total. The Kier molecular flexibility index (Phi) is 5.75. The zero-order valence-corrected chi connectivity index (χ0v) is 18.6. The highest BCUT2D eigenvalue weighted by Crippen LogP contribution is 2.26. The highest BCUT2D eigenvalue weighted by molar-refractivity contribution is 6.33. The van der Waals surface area contributed by atoms with E-state index in [2.05, 4.69) is 51.7 Å². The van der Waals surface area contributed by atoms with Gasteiger partial charge in [-0.15, -0.1) is 10.2 Å². The molecule has 0 spiro atoms. The summed E-state index contributed by atoms with van der Waals surface area (Å²) in [5.74, 6) is -0.0681. The Hall–Kier alpha value is -3.59. The van der Waals surface area contributed by atoms with E-state index in [1.807, 2.05) is 0 Å². The molecule has 4 rings (SSSR count). The average molecular weight is 452 g/mol. The first kappa shape index (κ1) is 21.6. The fourth-order valence-corrected chi connectivity index (χ4v) is 3.49. The third-order valence-electron chi connectivity index (χ3n) is 5.02. The maximum Gasteiger partial charge on any atom is 0.263 e. The van der Waals surface area contributed by atoms with Crippen LogP contribution in [0.3, 0.4) is 0 Å². The first-order valence-corrected chi connectivity index (χ1v) is 10.4. The number of nitrogens with zero attached hydrogens (tertiary/aromatic N) is 5. The lowest BCUT2D eigenvalue weighted by molar-refractivity contribution is 0.102. The molecular formula is C22H22ClN7O2. The number of amides is 1. The molecule has 0 aliphatic rings. The SMILES string of the molecule is CC(C)(C)CCn1cnc2cccc(NC(=O)c3ccc(-c4nn[nH]n4)c(Cl)c3)c2c1=O. The zero-order valence-electron chi connectivity index (χ0n) is 17.9. The van der Waals surface area contributed by atoms with Gasteiger partial charge in [0.05, 0.1) is 27.9 Å². The number of anilines is 1. The zero-order chi connectivity index (χ0) is 22.9. The van der Waals surface area contributed by atoms with Crippen LogP contribution in [-0.2, 0) is 6.54 Å². The summed E-state index contributed by atoms with van der Waals surface area (Å²) >= 11 is 6.32. The molecule has 0 radical (unpaired) electrons. The number of carbonyl (C=O) groups excluding carboxylic acids is 1. The lowest BCUT2D eigenvalue weighted by Crippen LogP contribution is -2.24. The van der Waals surface area contributed by atoms with Gasteiger partial charge in [0.1, 0.15) is 0 Å². The van der Waals surface area contributed by atoms with Crippen LogP contribution in [0.5, 0.6) is 0 Å². The number of carbonyl (C=O) groups is 1. The largest absolute Gasteiger partial charge is 0.321 e. The van der Waals surface area contributed by atoms with Crippen LogP contribution in [0, 0.1) is 5.41 Å². The number of H-pyrrole nitrogens is 1. The van der Waals surface area contributed by atoms with Gasteiger partial charge in [-0.1, -0.05) is 38.4 Å². The number of tetrazole rings is 1. The molecular weight excluding hydrogens is 430 g/mol. The third-order valence-corrected chi connectivity index (χ3v) is 5.33. The number of aryl methyl sites for hydroxylation is 1. The number of hydrogen-bond donors (Lipinski definition) is 2. The lowest BCUT2D eigenvalue weighted by atomic mass is 9.92. The standard InChI is InChI=1S/C22H22ClN7O2/c1-22(2,3)9-10-30-12-24-16-5-4-6-17(18(16)21(30)32)25-20(31)13-7-8-14(15(23)11-13)19-26-28-29-27-19/h4-8,11-12H,9-10H2,1-3H3,(H,25,31)(H,26,27,28,29). The molecule has 2 aromatic carbocycles. The van der Waals surface area contributed by atoms with E-state index in [4.69, 9.17) is 11.6 Å². The molecule has 10 heteroatoms. The van der Waals surface area contributed by atoms with Crippen molar-refractivity contribution < 1.29 is 4.79 Å². The molecule has 0 bridgehead atoms. The highest BCUT2D eigenvalue weighted by Gasteiger charge is 2.16. The summed E-state index contributed by atoms with van der Waals surface area (Å²) in [4.78, 5) is 30.5. The smallest absolute Gasteiger partial charge is 0.263 e. The van der Waals surface area contributed by atoms with Gasteiger partial charge in [-0.05, 0) is 47.4 Å². The van der Waals surface area contributed by atoms with E-state index in [0.717, 1.165) is 6.42 Å². The Morgan fingerprint density at radius 2 is 2.03 bits per heavy atom. The topological polar surface area (TPSA) is 118 Å². The Morgan fingerprint density at radius 1 is 1.22 bits per heavy atom. The van der Waals surface area contributed by atoms with E-state index >= 15 is 0 Å². The maximum absolute atomic E-state index is 13.1. The summed E-state index contributed by atoms with van der Waals surface area (Å²) < 4.78 is 1.58. The van der Waals surface area contributed by atoms with Crippen LogP contribution in [0.1, 0.15) is 37.6 Å². The molecule has 4 aromatic rings. The fourth-order valence-electron chi connectivity index (χ4n) is 3.23. The number of nitrogens with one attached hydrogen (secondary N) is 2. The van der Waals surface area contributed by atoms with Crippen LogP contribution < -0.4 is 10.9 Å². The summed E-state index contributed by atoms with van der Waals surface area (Å²) in [5, 5.41) is 17.2. The minimum absolute atomic E-state index is 0.0784. The highest BCUT2D eigenvalue weighted by atomic mass is 35.5. The van der Waals surface area contributed by atoms with Crippen LogP contribution in [-0.4, -0.2) is 36.1 Å². The van der Waals surface area contributed by atoms with Crippen molar-refractivity contribution in [2.24, 2.45) is 5.41 Å². The van der Waals surface area contributed by atoms with Crippen LogP contribution >= 0.6 is 11.6 Å². The van der Waals surface area contributed by atoms with Crippen LogP contribution in [0.2, 0.25) is 5.02 Å². The predicted octanol–water partition coefficient (Wildman–Crippen LogP) is 3.92. The van der Waals surface area contributed by atoms with Crippen molar-refractivity contribution in [3.05, 3.63) is 63.7 Å². The molecule has 2 heterocycles.